The van der Waals surface area contributed by atoms with Gasteiger partial charge in [0.2, 0.25) is 0 Å². The quantitative estimate of drug-likeness (QED) is 0.197. The van der Waals surface area contributed by atoms with Crippen LogP contribution >= 0.6 is 0 Å². The number of pyridine rings is 2. The Balaban J connectivity index is 1.09. The van der Waals surface area contributed by atoms with Crippen molar-refractivity contribution in [2.45, 2.75) is 19.1 Å². The van der Waals surface area contributed by atoms with Gasteiger partial charge < -0.3 is 14.6 Å². The maximum Gasteiger partial charge on any atom is 0.315 e. The van der Waals surface area contributed by atoms with Gasteiger partial charge in [0.15, 0.2) is 0 Å². The number of benzene rings is 4. The number of halogens is 2. The predicted molar refractivity (Wildman–Crippen MR) is 154 cm³/mol. The Kier molecular flexibility index (Phi) is 7.43. The molecule has 6 rings (SSSR count). The van der Waals surface area contributed by atoms with Crippen LogP contribution in [0, 0.1) is 11.6 Å². The average Bonchev–Trinajstić information content (AvgIpc) is 3.00. The molecule has 0 aliphatic heterocycles. The summed E-state index contributed by atoms with van der Waals surface area (Å²) in [4.78, 5) is 21.2. The molecule has 42 heavy (non-hydrogen) atoms. The lowest BCUT2D eigenvalue weighted by Gasteiger charge is -2.15. The van der Waals surface area contributed by atoms with Gasteiger partial charge in [0.25, 0.3) is 0 Å². The summed E-state index contributed by atoms with van der Waals surface area (Å²) < 4.78 is 38.5. The molecule has 4 aromatic carbocycles. The van der Waals surface area contributed by atoms with Gasteiger partial charge in [-0.2, -0.15) is 0 Å². The summed E-state index contributed by atoms with van der Waals surface area (Å²) >= 11 is 0. The first-order valence-corrected chi connectivity index (χ1v) is 13.2. The van der Waals surface area contributed by atoms with Crippen LogP contribution in [0.4, 0.5) is 8.78 Å². The normalized spacial score (nSPS) is 11.2. The molecule has 0 saturated heterocycles. The van der Waals surface area contributed by atoms with Crippen molar-refractivity contribution in [3.05, 3.63) is 143 Å². The van der Waals surface area contributed by atoms with E-state index in [-0.39, 0.29) is 24.8 Å². The molecule has 1 N–H and O–H groups in total. The van der Waals surface area contributed by atoms with Gasteiger partial charge in [0, 0.05) is 10.8 Å². The van der Waals surface area contributed by atoms with Crippen LogP contribution in [-0.2, 0) is 18.0 Å². The number of aromatic nitrogens is 2. The minimum atomic E-state index is -0.981. The summed E-state index contributed by atoms with van der Waals surface area (Å²) in [6.45, 7) is 0.424. The number of aliphatic carboxylic acids is 1. The molecule has 0 aliphatic rings. The Morgan fingerprint density at radius 1 is 0.619 bits per heavy atom. The zero-order valence-corrected chi connectivity index (χ0v) is 22.2. The first-order valence-electron chi connectivity index (χ1n) is 13.2. The van der Waals surface area contributed by atoms with Crippen LogP contribution in [0.25, 0.3) is 21.8 Å². The molecule has 6 nitrogen and oxygen atoms in total. The van der Waals surface area contributed by atoms with E-state index in [4.69, 9.17) is 9.47 Å². The highest BCUT2D eigenvalue weighted by molar-refractivity contribution is 5.81. The van der Waals surface area contributed by atoms with E-state index >= 15 is 0 Å². The number of hydrogen-bond donors (Lipinski definition) is 1. The molecule has 0 unspecified atom stereocenters. The maximum atomic E-state index is 13.4. The first kappa shape index (κ1) is 26.8. The second-order valence-electron chi connectivity index (χ2n) is 9.77. The van der Waals surface area contributed by atoms with Crippen LogP contribution in [0.1, 0.15) is 28.4 Å². The lowest BCUT2D eigenvalue weighted by molar-refractivity contribution is -0.137. The van der Waals surface area contributed by atoms with Crippen molar-refractivity contribution in [1.29, 1.82) is 0 Å². The Morgan fingerprint density at radius 2 is 1.05 bits per heavy atom. The molecule has 0 saturated carbocycles. The second kappa shape index (κ2) is 11.6. The summed E-state index contributed by atoms with van der Waals surface area (Å²) in [6.07, 6.45) is 0. The number of rotatable bonds is 9. The van der Waals surface area contributed by atoms with E-state index in [9.17, 15) is 18.7 Å². The van der Waals surface area contributed by atoms with E-state index in [0.29, 0.717) is 55.8 Å². The highest BCUT2D eigenvalue weighted by Crippen LogP contribution is 2.29. The monoisotopic (exact) mass is 562 g/mol. The summed E-state index contributed by atoms with van der Waals surface area (Å²) in [5, 5.41) is 11.4. The number of carboxylic acid groups (broad SMARTS) is 1. The minimum Gasteiger partial charge on any atom is -0.487 e. The third kappa shape index (κ3) is 6.02. The minimum absolute atomic E-state index is 0.212. The number of nitrogens with zero attached hydrogens (tertiary/aromatic N) is 2. The van der Waals surface area contributed by atoms with E-state index < -0.39 is 11.9 Å². The summed E-state index contributed by atoms with van der Waals surface area (Å²) in [6, 6.07) is 29.8. The number of ether oxygens (including phenoxy) is 2. The Morgan fingerprint density at radius 3 is 1.45 bits per heavy atom. The molecule has 0 atom stereocenters. The first-order chi connectivity index (χ1) is 20.4. The Bertz CT molecular complexity index is 1760. The molecular weight excluding hydrogens is 538 g/mol. The van der Waals surface area contributed by atoms with Crippen LogP contribution in [0.2, 0.25) is 0 Å². The number of carboxylic acids is 1. The smallest absolute Gasteiger partial charge is 0.315 e. The SMILES string of the molecule is O=C(O)C(c1ccc(OCc2ccc3cc(F)ccc3n2)cc1)c1ccc(OCc2ccc3cc(F)ccc3n2)cc1. The molecule has 0 bridgehead atoms. The van der Waals surface area contributed by atoms with E-state index in [2.05, 4.69) is 9.97 Å². The second-order valence-corrected chi connectivity index (χ2v) is 9.77. The van der Waals surface area contributed by atoms with Gasteiger partial charge in [-0.3, -0.25) is 4.79 Å². The topological polar surface area (TPSA) is 81.5 Å². The third-order valence-corrected chi connectivity index (χ3v) is 6.87. The van der Waals surface area contributed by atoms with Crippen molar-refractivity contribution >= 4 is 27.8 Å². The van der Waals surface area contributed by atoms with Crippen LogP contribution < -0.4 is 9.47 Å². The fraction of sp³-hybridized carbons (Fsp3) is 0.0882. The molecule has 6 aromatic rings. The predicted octanol–water partition coefficient (Wildman–Crippen LogP) is 7.44. The fourth-order valence-corrected chi connectivity index (χ4v) is 4.74. The van der Waals surface area contributed by atoms with Crippen molar-refractivity contribution in [3.8, 4) is 11.5 Å². The van der Waals surface area contributed by atoms with Crippen LogP contribution in [0.3, 0.4) is 0 Å². The summed E-state index contributed by atoms with van der Waals surface area (Å²) in [5.41, 5.74) is 3.94. The van der Waals surface area contributed by atoms with Gasteiger partial charge in [-0.1, -0.05) is 36.4 Å². The highest BCUT2D eigenvalue weighted by atomic mass is 19.1. The lowest BCUT2D eigenvalue weighted by atomic mass is 9.91. The standard InChI is InChI=1S/C34H24F2N2O4/c35-25-7-15-31-23(17-25)1-9-27(37-31)19-41-29-11-3-21(4-12-29)33(34(39)40)22-5-13-30(14-6-22)42-20-28-10-2-24-18-26(36)8-16-32(24)38-28/h1-18,33H,19-20H2,(H,39,40). The molecular formula is C34H24F2N2O4. The lowest BCUT2D eigenvalue weighted by Crippen LogP contribution is -2.13. The third-order valence-electron chi connectivity index (χ3n) is 6.87. The molecule has 0 amide bonds. The van der Waals surface area contributed by atoms with Crippen molar-refractivity contribution in [1.82, 2.24) is 9.97 Å². The Hall–Kier alpha value is -5.37. The molecule has 208 valence electrons. The molecule has 0 aliphatic carbocycles. The molecule has 2 aromatic heterocycles. The van der Waals surface area contributed by atoms with Gasteiger partial charge in [-0.25, -0.2) is 18.7 Å². The molecule has 0 spiro atoms. The van der Waals surface area contributed by atoms with Gasteiger partial charge in [-0.05, 0) is 83.9 Å². The average molecular weight is 563 g/mol. The zero-order chi connectivity index (χ0) is 29.1. The van der Waals surface area contributed by atoms with Crippen molar-refractivity contribution in [2.75, 3.05) is 0 Å². The van der Waals surface area contributed by atoms with E-state index in [1.165, 1.54) is 24.3 Å². The van der Waals surface area contributed by atoms with Gasteiger partial charge in [0.05, 0.1) is 22.4 Å². The molecule has 0 radical (unpaired) electrons. The van der Waals surface area contributed by atoms with E-state index in [0.717, 1.165) is 0 Å². The van der Waals surface area contributed by atoms with Gasteiger partial charge in [0.1, 0.15) is 42.3 Å². The number of carbonyl (C=O) groups is 1. The van der Waals surface area contributed by atoms with Crippen LogP contribution in [0.5, 0.6) is 11.5 Å². The van der Waals surface area contributed by atoms with E-state index in [1.54, 1.807) is 84.9 Å². The van der Waals surface area contributed by atoms with Crippen molar-refractivity contribution < 1.29 is 28.2 Å². The number of fused-ring (bicyclic) bond motifs is 2. The van der Waals surface area contributed by atoms with Gasteiger partial charge >= 0.3 is 5.97 Å². The highest BCUT2D eigenvalue weighted by Gasteiger charge is 2.22. The molecule has 0 fully saturated rings. The van der Waals surface area contributed by atoms with Crippen LogP contribution in [0.15, 0.2) is 109 Å². The molecule has 8 heteroatoms. The van der Waals surface area contributed by atoms with Crippen molar-refractivity contribution in [2.24, 2.45) is 0 Å². The number of hydrogen-bond acceptors (Lipinski definition) is 5. The molecule has 2 heterocycles. The van der Waals surface area contributed by atoms with Crippen molar-refractivity contribution in [3.63, 3.8) is 0 Å². The van der Waals surface area contributed by atoms with Gasteiger partial charge in [-0.15, -0.1) is 0 Å². The zero-order valence-electron chi connectivity index (χ0n) is 22.2. The largest absolute Gasteiger partial charge is 0.487 e. The summed E-state index contributed by atoms with van der Waals surface area (Å²) in [7, 11) is 0. The Labute approximate surface area is 239 Å². The summed E-state index contributed by atoms with van der Waals surface area (Å²) in [5.74, 6) is -1.34. The maximum absolute atomic E-state index is 13.4. The fourth-order valence-electron chi connectivity index (χ4n) is 4.74. The van der Waals surface area contributed by atoms with E-state index in [1.807, 2.05) is 0 Å². The van der Waals surface area contributed by atoms with Crippen LogP contribution in [-0.4, -0.2) is 21.0 Å².